The minimum absolute atomic E-state index is 0.0546. The number of amides is 1. The first kappa shape index (κ1) is 28.3. The average Bonchev–Trinajstić information content (AvgIpc) is 3.48. The van der Waals surface area contributed by atoms with Crippen LogP contribution in [-0.2, 0) is 34.0 Å². The summed E-state index contributed by atoms with van der Waals surface area (Å²) in [5.41, 5.74) is -0.271. The molecule has 3 aromatic rings. The third-order valence-corrected chi connectivity index (χ3v) is 9.41. The molecule has 0 bridgehead atoms. The molecule has 214 valence electrons. The molecule has 5 rings (SSSR count). The van der Waals surface area contributed by atoms with Crippen LogP contribution in [0.5, 0.6) is 0 Å². The number of aliphatic imine (C=N–C) groups is 1. The number of benzene rings is 2. The molecule has 2 aromatic carbocycles. The van der Waals surface area contributed by atoms with Gasteiger partial charge >= 0.3 is 6.18 Å². The Morgan fingerprint density at radius 3 is 2.52 bits per heavy atom. The summed E-state index contributed by atoms with van der Waals surface area (Å²) in [7, 11) is -3.67. The molecular weight excluding hydrogens is 549 g/mol. The standard InChI is InChI=1S/C27H29F3N4O5S/c28-27(29,30)20-5-1-4-19(15-20)24-31-25(37)26(32-24)9-12-34(13-10-26)40(38,39)14-8-18-3-2-6-23-22(18)7-11-33(23)16-21(36)17-35/h1-7,11,15,21,35-36H,8-10,12-14,16-17H2,(H,31,32,37)/t21-/m0/s1. The number of fused-ring (bicyclic) bond motifs is 1. The fourth-order valence-electron chi connectivity index (χ4n) is 5.29. The van der Waals surface area contributed by atoms with Crippen molar-refractivity contribution in [2.24, 2.45) is 4.99 Å². The van der Waals surface area contributed by atoms with E-state index < -0.39 is 39.3 Å². The van der Waals surface area contributed by atoms with Gasteiger partial charge in [0.15, 0.2) is 0 Å². The number of nitrogens with one attached hydrogen (secondary N) is 1. The molecule has 13 heteroatoms. The van der Waals surface area contributed by atoms with Crippen LogP contribution in [-0.4, -0.2) is 76.3 Å². The Labute approximate surface area is 229 Å². The number of carbonyl (C=O) groups is 1. The maximum Gasteiger partial charge on any atom is 0.416 e. The van der Waals surface area contributed by atoms with E-state index in [-0.39, 0.29) is 62.7 Å². The lowest BCUT2D eigenvalue weighted by atomic mass is 9.89. The smallest absolute Gasteiger partial charge is 0.394 e. The lowest BCUT2D eigenvalue weighted by molar-refractivity contribution is -0.137. The number of hydrogen-bond donors (Lipinski definition) is 3. The number of aromatic nitrogens is 1. The molecule has 1 atom stereocenters. The monoisotopic (exact) mass is 578 g/mol. The van der Waals surface area contributed by atoms with Crippen LogP contribution in [0.4, 0.5) is 13.2 Å². The highest BCUT2D eigenvalue weighted by molar-refractivity contribution is 7.89. The van der Waals surface area contributed by atoms with Crippen molar-refractivity contribution in [2.75, 3.05) is 25.4 Å². The van der Waals surface area contributed by atoms with Crippen molar-refractivity contribution >= 4 is 32.7 Å². The average molecular weight is 579 g/mol. The van der Waals surface area contributed by atoms with Crippen LogP contribution in [0.25, 0.3) is 10.9 Å². The molecule has 1 spiro atoms. The molecule has 2 aliphatic rings. The number of amidine groups is 1. The van der Waals surface area contributed by atoms with Crippen LogP contribution in [0.3, 0.4) is 0 Å². The van der Waals surface area contributed by atoms with E-state index in [4.69, 9.17) is 5.11 Å². The molecule has 1 aromatic heterocycles. The Kier molecular flexibility index (Phi) is 7.50. The van der Waals surface area contributed by atoms with Gasteiger partial charge in [0.25, 0.3) is 5.91 Å². The summed E-state index contributed by atoms with van der Waals surface area (Å²) in [6, 6.07) is 11.9. The van der Waals surface area contributed by atoms with Gasteiger partial charge in [-0.2, -0.15) is 13.2 Å². The van der Waals surface area contributed by atoms with Gasteiger partial charge in [0, 0.05) is 35.8 Å². The Hall–Kier alpha value is -3.26. The molecule has 40 heavy (non-hydrogen) atoms. The van der Waals surface area contributed by atoms with E-state index in [1.54, 1.807) is 10.8 Å². The second kappa shape index (κ2) is 10.6. The van der Waals surface area contributed by atoms with Crippen molar-refractivity contribution < 1.29 is 36.6 Å². The van der Waals surface area contributed by atoms with Crippen LogP contribution in [0.1, 0.15) is 29.5 Å². The second-order valence-corrected chi connectivity index (χ2v) is 12.2. The highest BCUT2D eigenvalue weighted by Gasteiger charge is 2.47. The fourth-order valence-corrected chi connectivity index (χ4v) is 6.76. The number of rotatable bonds is 8. The van der Waals surface area contributed by atoms with Crippen LogP contribution in [0.2, 0.25) is 0 Å². The lowest BCUT2D eigenvalue weighted by Crippen LogP contribution is -2.50. The predicted molar refractivity (Wildman–Crippen MR) is 142 cm³/mol. The van der Waals surface area contributed by atoms with Crippen LogP contribution < -0.4 is 5.32 Å². The number of carbonyl (C=O) groups excluding carboxylic acids is 1. The number of alkyl halides is 3. The molecule has 1 amide bonds. The number of hydrogen-bond acceptors (Lipinski definition) is 6. The third kappa shape index (κ3) is 5.51. The van der Waals surface area contributed by atoms with Gasteiger partial charge in [-0.15, -0.1) is 0 Å². The van der Waals surface area contributed by atoms with E-state index in [1.807, 2.05) is 24.3 Å². The molecule has 0 saturated carbocycles. The summed E-state index contributed by atoms with van der Waals surface area (Å²) in [6.07, 6.45) is -3.17. The van der Waals surface area contributed by atoms with E-state index in [2.05, 4.69) is 10.3 Å². The number of aliphatic hydroxyl groups is 2. The predicted octanol–water partition coefficient (Wildman–Crippen LogP) is 2.30. The Morgan fingerprint density at radius 2 is 1.82 bits per heavy atom. The van der Waals surface area contributed by atoms with Crippen molar-refractivity contribution in [2.45, 2.75) is 43.6 Å². The zero-order chi connectivity index (χ0) is 28.7. The summed E-state index contributed by atoms with van der Waals surface area (Å²) in [4.78, 5) is 17.3. The Morgan fingerprint density at radius 1 is 1.10 bits per heavy atom. The molecule has 0 unspecified atom stereocenters. The maximum atomic E-state index is 13.2. The molecule has 3 heterocycles. The third-order valence-electron chi connectivity index (χ3n) is 7.54. The van der Waals surface area contributed by atoms with Gasteiger partial charge in [-0.3, -0.25) is 9.79 Å². The van der Waals surface area contributed by atoms with E-state index >= 15 is 0 Å². The van der Waals surface area contributed by atoms with Gasteiger partial charge in [0.05, 0.1) is 30.6 Å². The molecule has 1 fully saturated rings. The summed E-state index contributed by atoms with van der Waals surface area (Å²) in [5, 5.41) is 22.4. The topological polar surface area (TPSA) is 124 Å². The number of sulfonamides is 1. The number of aliphatic hydroxyl groups excluding tert-OH is 2. The zero-order valence-corrected chi connectivity index (χ0v) is 22.2. The van der Waals surface area contributed by atoms with E-state index in [9.17, 15) is 31.5 Å². The molecule has 0 radical (unpaired) electrons. The van der Waals surface area contributed by atoms with Gasteiger partial charge in [-0.25, -0.2) is 12.7 Å². The van der Waals surface area contributed by atoms with Crippen molar-refractivity contribution in [3.63, 3.8) is 0 Å². The van der Waals surface area contributed by atoms with E-state index in [1.165, 1.54) is 16.4 Å². The molecular formula is C27H29F3N4O5S. The van der Waals surface area contributed by atoms with Gasteiger partial charge < -0.3 is 20.1 Å². The Bertz CT molecular complexity index is 1560. The molecule has 1 saturated heterocycles. The van der Waals surface area contributed by atoms with E-state index in [0.29, 0.717) is 0 Å². The summed E-state index contributed by atoms with van der Waals surface area (Å²) in [5.74, 6) is -0.535. The van der Waals surface area contributed by atoms with Crippen LogP contribution >= 0.6 is 0 Å². The first-order valence-electron chi connectivity index (χ1n) is 12.8. The lowest BCUT2D eigenvalue weighted by Gasteiger charge is -2.34. The maximum absolute atomic E-state index is 13.2. The van der Waals surface area contributed by atoms with Crippen molar-refractivity contribution in [1.82, 2.24) is 14.2 Å². The van der Waals surface area contributed by atoms with Gasteiger partial charge in [-0.1, -0.05) is 24.3 Å². The number of nitrogens with zero attached hydrogens (tertiary/aromatic N) is 3. The number of aryl methyl sites for hydroxylation is 1. The normalized spacial score (nSPS) is 18.7. The van der Waals surface area contributed by atoms with Crippen LogP contribution in [0.15, 0.2) is 59.7 Å². The first-order chi connectivity index (χ1) is 18.9. The van der Waals surface area contributed by atoms with Crippen molar-refractivity contribution in [3.8, 4) is 0 Å². The summed E-state index contributed by atoms with van der Waals surface area (Å²) in [6.45, 7) is -0.0272. The number of halogens is 3. The van der Waals surface area contributed by atoms with Gasteiger partial charge in [0.2, 0.25) is 10.0 Å². The highest BCUT2D eigenvalue weighted by atomic mass is 32.2. The minimum Gasteiger partial charge on any atom is -0.394 e. The van der Waals surface area contributed by atoms with Crippen molar-refractivity contribution in [3.05, 3.63) is 71.4 Å². The van der Waals surface area contributed by atoms with Gasteiger partial charge in [0.1, 0.15) is 11.4 Å². The molecule has 0 aliphatic carbocycles. The first-order valence-corrected chi connectivity index (χ1v) is 14.5. The minimum atomic E-state index is -4.53. The zero-order valence-electron chi connectivity index (χ0n) is 21.4. The second-order valence-electron chi connectivity index (χ2n) is 10.1. The summed E-state index contributed by atoms with van der Waals surface area (Å²) < 4.78 is 69.0. The largest absolute Gasteiger partial charge is 0.416 e. The molecule has 3 N–H and O–H groups in total. The van der Waals surface area contributed by atoms with Crippen LogP contribution in [0, 0.1) is 0 Å². The van der Waals surface area contributed by atoms with Gasteiger partial charge in [-0.05, 0) is 49.1 Å². The van der Waals surface area contributed by atoms with Crippen molar-refractivity contribution in [1.29, 1.82) is 0 Å². The molecule has 9 nitrogen and oxygen atoms in total. The number of piperidine rings is 1. The highest BCUT2D eigenvalue weighted by Crippen LogP contribution is 2.34. The fraction of sp³-hybridized carbons (Fsp3) is 0.407. The SMILES string of the molecule is O=C1NC(c2cccc(C(F)(F)F)c2)=NC12CCN(S(=O)(=O)CCc1cccc3c1ccn3C[C@H](O)CO)CC2. The summed E-state index contributed by atoms with van der Waals surface area (Å²) >= 11 is 0. The van der Waals surface area contributed by atoms with E-state index in [0.717, 1.165) is 28.6 Å². The molecule has 2 aliphatic heterocycles. The Balaban J connectivity index is 1.26. The quantitative estimate of drug-likeness (QED) is 0.379.